The smallest absolute Gasteiger partial charge is 0.303 e. The van der Waals surface area contributed by atoms with E-state index in [1.807, 2.05) is 20.8 Å². The van der Waals surface area contributed by atoms with Crippen LogP contribution in [-0.2, 0) is 9.53 Å². The Balaban J connectivity index is 0. The van der Waals surface area contributed by atoms with Crippen molar-refractivity contribution < 1.29 is 14.6 Å². The summed E-state index contributed by atoms with van der Waals surface area (Å²) in [6, 6.07) is 0. The molecule has 0 saturated carbocycles. The Labute approximate surface area is 74.7 Å². The van der Waals surface area contributed by atoms with Crippen LogP contribution in [0.5, 0.6) is 0 Å². The summed E-state index contributed by atoms with van der Waals surface area (Å²) < 4.78 is 4.80. The zero-order valence-corrected chi connectivity index (χ0v) is 8.84. The second-order valence-electron chi connectivity index (χ2n) is 3.80. The second kappa shape index (κ2) is 6.00. The minimum absolute atomic E-state index is 0.167. The molecule has 0 fully saturated rings. The van der Waals surface area contributed by atoms with Gasteiger partial charge >= 0.3 is 5.97 Å². The van der Waals surface area contributed by atoms with E-state index < -0.39 is 0 Å². The van der Waals surface area contributed by atoms with Crippen LogP contribution in [0.2, 0.25) is 0 Å². The maximum absolute atomic E-state index is 10.2. The first-order valence-electron chi connectivity index (χ1n) is 4.03. The number of ether oxygens (including phenoxy) is 1. The van der Waals surface area contributed by atoms with Crippen molar-refractivity contribution in [1.29, 1.82) is 0 Å². The van der Waals surface area contributed by atoms with Crippen LogP contribution in [0.25, 0.3) is 0 Å². The summed E-state index contributed by atoms with van der Waals surface area (Å²) in [5.41, 5.74) is -0.328. The second-order valence-corrected chi connectivity index (χ2v) is 3.80. The Morgan fingerprint density at radius 1 is 1.33 bits per heavy atom. The third-order valence-corrected chi connectivity index (χ3v) is 0.450. The first kappa shape index (κ1) is 14.0. The van der Waals surface area contributed by atoms with Gasteiger partial charge in [0.05, 0.1) is 0 Å². The van der Waals surface area contributed by atoms with E-state index in [1.54, 1.807) is 13.8 Å². The highest BCUT2D eigenvalue weighted by atomic mass is 16.6. The molecule has 0 spiro atoms. The van der Waals surface area contributed by atoms with E-state index in [9.17, 15) is 4.79 Å². The van der Waals surface area contributed by atoms with Gasteiger partial charge in [0.1, 0.15) is 5.60 Å². The van der Waals surface area contributed by atoms with Crippen molar-refractivity contribution in [2.45, 2.75) is 53.2 Å². The third-order valence-electron chi connectivity index (χ3n) is 0.450. The Morgan fingerprint density at radius 3 is 1.58 bits per heavy atom. The largest absolute Gasteiger partial charge is 0.460 e. The van der Waals surface area contributed by atoms with Gasteiger partial charge in [-0.25, -0.2) is 0 Å². The normalized spacial score (nSPS) is 10.3. The van der Waals surface area contributed by atoms with Gasteiger partial charge in [-0.2, -0.15) is 0 Å². The van der Waals surface area contributed by atoms with Crippen molar-refractivity contribution in [2.24, 2.45) is 0 Å². The average molecular weight is 176 g/mol. The van der Waals surface area contributed by atoms with Crippen LogP contribution in [0.15, 0.2) is 0 Å². The molecule has 3 heteroatoms. The number of carbonyl (C=O) groups excluding carboxylic acids is 1. The van der Waals surface area contributed by atoms with Gasteiger partial charge in [-0.05, 0) is 34.6 Å². The van der Waals surface area contributed by atoms with Crippen LogP contribution in [0, 0.1) is 0 Å². The van der Waals surface area contributed by atoms with Gasteiger partial charge in [0.15, 0.2) is 0 Å². The minimum atomic E-state index is -0.328. The van der Waals surface area contributed by atoms with Gasteiger partial charge in [-0.15, -0.1) is 0 Å². The highest BCUT2D eigenvalue weighted by Crippen LogP contribution is 2.05. The lowest BCUT2D eigenvalue weighted by Crippen LogP contribution is -2.21. The maximum Gasteiger partial charge on any atom is 0.303 e. The number of esters is 1. The molecule has 0 amide bonds. The zero-order chi connectivity index (χ0) is 10.4. The molecule has 12 heavy (non-hydrogen) atoms. The number of hydrogen-bond acceptors (Lipinski definition) is 3. The van der Waals surface area contributed by atoms with E-state index >= 15 is 0 Å². The van der Waals surface area contributed by atoms with E-state index in [-0.39, 0.29) is 17.7 Å². The summed E-state index contributed by atoms with van der Waals surface area (Å²) in [5, 5.41) is 8.06. The lowest BCUT2D eigenvalue weighted by molar-refractivity contribution is -0.151. The highest BCUT2D eigenvalue weighted by Gasteiger charge is 2.11. The average Bonchev–Trinajstić information content (AvgIpc) is 1.52. The van der Waals surface area contributed by atoms with Crippen LogP contribution in [0.1, 0.15) is 41.5 Å². The van der Waals surface area contributed by atoms with Gasteiger partial charge < -0.3 is 9.84 Å². The number of aliphatic hydroxyl groups is 1. The predicted molar refractivity (Wildman–Crippen MR) is 48.9 cm³/mol. The van der Waals surface area contributed by atoms with Crippen LogP contribution < -0.4 is 0 Å². The van der Waals surface area contributed by atoms with Gasteiger partial charge in [-0.1, -0.05) is 0 Å². The predicted octanol–water partition coefficient (Wildman–Crippen LogP) is 1.74. The molecule has 0 aliphatic carbocycles. The molecular weight excluding hydrogens is 156 g/mol. The summed E-state index contributed by atoms with van der Waals surface area (Å²) >= 11 is 0. The summed E-state index contributed by atoms with van der Waals surface area (Å²) in [6.07, 6.45) is -0.167. The maximum atomic E-state index is 10.2. The van der Waals surface area contributed by atoms with Gasteiger partial charge in [-0.3, -0.25) is 4.79 Å². The van der Waals surface area contributed by atoms with Crippen LogP contribution in [0.3, 0.4) is 0 Å². The number of carbonyl (C=O) groups is 1. The van der Waals surface area contributed by atoms with Gasteiger partial charge in [0.25, 0.3) is 0 Å². The Hall–Kier alpha value is -0.570. The third kappa shape index (κ3) is 34.1. The molecule has 0 atom stereocenters. The van der Waals surface area contributed by atoms with E-state index in [1.165, 1.54) is 6.92 Å². The molecule has 0 aromatic rings. The molecule has 1 N–H and O–H groups in total. The molecule has 0 aliphatic heterocycles. The summed E-state index contributed by atoms with van der Waals surface area (Å²) in [7, 11) is 0. The van der Waals surface area contributed by atoms with Crippen molar-refractivity contribution >= 4 is 5.97 Å². The molecule has 0 saturated heterocycles. The highest BCUT2D eigenvalue weighted by molar-refractivity contribution is 5.66. The van der Waals surface area contributed by atoms with E-state index in [4.69, 9.17) is 9.84 Å². The standard InChI is InChI=1S/C6H12O2.C3H8O/c1-5(7)8-6(2,3)4;1-3(2)4/h1-4H3;3-4H,1-2H3. The quantitative estimate of drug-likeness (QED) is 0.572. The van der Waals surface area contributed by atoms with Crippen molar-refractivity contribution in [3.05, 3.63) is 0 Å². The van der Waals surface area contributed by atoms with Crippen molar-refractivity contribution in [1.82, 2.24) is 0 Å². The molecule has 0 rings (SSSR count). The van der Waals surface area contributed by atoms with Gasteiger partial charge in [0, 0.05) is 13.0 Å². The zero-order valence-electron chi connectivity index (χ0n) is 8.84. The molecule has 0 heterocycles. The van der Waals surface area contributed by atoms with E-state index in [2.05, 4.69) is 0 Å². The lowest BCUT2D eigenvalue weighted by Gasteiger charge is -2.17. The molecule has 0 radical (unpaired) electrons. The molecular formula is C9H20O3. The summed E-state index contributed by atoms with van der Waals surface area (Å²) in [5.74, 6) is -0.225. The lowest BCUT2D eigenvalue weighted by atomic mass is 10.2. The van der Waals surface area contributed by atoms with Crippen LogP contribution >= 0.6 is 0 Å². The number of rotatable bonds is 0. The molecule has 0 aliphatic rings. The fourth-order valence-electron chi connectivity index (χ4n) is 0.431. The molecule has 0 bridgehead atoms. The molecule has 0 aromatic heterocycles. The van der Waals surface area contributed by atoms with Crippen molar-refractivity contribution in [3.8, 4) is 0 Å². The first-order valence-corrected chi connectivity index (χ1v) is 4.03. The Kier molecular flexibility index (Phi) is 6.99. The molecule has 0 unspecified atom stereocenters. The van der Waals surface area contributed by atoms with Crippen LogP contribution in [-0.4, -0.2) is 22.8 Å². The fourth-order valence-corrected chi connectivity index (χ4v) is 0.431. The molecule has 0 aromatic carbocycles. The number of aliphatic hydroxyl groups excluding tert-OH is 1. The van der Waals surface area contributed by atoms with E-state index in [0.29, 0.717) is 0 Å². The Morgan fingerprint density at radius 2 is 1.58 bits per heavy atom. The molecule has 3 nitrogen and oxygen atoms in total. The minimum Gasteiger partial charge on any atom is -0.460 e. The Bertz CT molecular complexity index is 119. The summed E-state index contributed by atoms with van der Waals surface area (Å²) in [6.45, 7) is 10.4. The summed E-state index contributed by atoms with van der Waals surface area (Å²) in [4.78, 5) is 10.2. The SMILES string of the molecule is CC(=O)OC(C)(C)C.CC(C)O. The van der Waals surface area contributed by atoms with Crippen molar-refractivity contribution in [2.75, 3.05) is 0 Å². The molecule has 74 valence electrons. The fraction of sp³-hybridized carbons (Fsp3) is 0.889. The monoisotopic (exact) mass is 176 g/mol. The first-order chi connectivity index (χ1) is 5.15. The number of hydrogen-bond donors (Lipinski definition) is 1. The van der Waals surface area contributed by atoms with Crippen LogP contribution in [0.4, 0.5) is 0 Å². The van der Waals surface area contributed by atoms with E-state index in [0.717, 1.165) is 0 Å². The van der Waals surface area contributed by atoms with Gasteiger partial charge in [0.2, 0.25) is 0 Å². The van der Waals surface area contributed by atoms with Crippen molar-refractivity contribution in [3.63, 3.8) is 0 Å². The topological polar surface area (TPSA) is 46.5 Å².